The number of halogens is 2. The number of rotatable bonds is 7. The number of aliphatic hydroxyl groups is 1. The van der Waals surface area contributed by atoms with Crippen molar-refractivity contribution >= 4 is 12.0 Å². The molecule has 0 radical (unpaired) electrons. The Morgan fingerprint density at radius 3 is 2.57 bits per heavy atom. The van der Waals surface area contributed by atoms with Gasteiger partial charge in [-0.15, -0.1) is 0 Å². The summed E-state index contributed by atoms with van der Waals surface area (Å²) in [5, 5.41) is 19.1. The van der Waals surface area contributed by atoms with Crippen LogP contribution in [0.4, 0.5) is 13.6 Å². The van der Waals surface area contributed by atoms with E-state index >= 15 is 0 Å². The zero-order chi connectivity index (χ0) is 22.3. The van der Waals surface area contributed by atoms with Crippen LogP contribution in [-0.4, -0.2) is 54.0 Å². The standard InChI is InChI=1S/C21H31F2N3O4/c1-21(2,3)30-20(29)26-17(10-13-8-14(22)11-15(23)9-13)18(27)12-25-16-6-4-5-7-24-19(16)28/h8-9,11,16-18,25,27H,4-7,10,12H2,1-3H3,(H,24,28)(H,26,29)/t16-,17+,18-/m1/s1. The summed E-state index contributed by atoms with van der Waals surface area (Å²) in [5.41, 5.74) is -0.471. The van der Waals surface area contributed by atoms with E-state index in [9.17, 15) is 23.5 Å². The monoisotopic (exact) mass is 427 g/mol. The minimum absolute atomic E-state index is 0.0103. The molecule has 3 atom stereocenters. The highest BCUT2D eigenvalue weighted by atomic mass is 19.1. The van der Waals surface area contributed by atoms with Crippen molar-refractivity contribution in [2.75, 3.05) is 13.1 Å². The third-order valence-electron chi connectivity index (χ3n) is 4.65. The first-order valence-electron chi connectivity index (χ1n) is 10.2. The van der Waals surface area contributed by atoms with Crippen LogP contribution in [0.3, 0.4) is 0 Å². The molecule has 1 heterocycles. The molecule has 0 unspecified atom stereocenters. The Morgan fingerprint density at radius 2 is 1.93 bits per heavy atom. The van der Waals surface area contributed by atoms with Crippen LogP contribution in [-0.2, 0) is 16.0 Å². The average molecular weight is 427 g/mol. The van der Waals surface area contributed by atoms with Crippen LogP contribution in [0, 0.1) is 11.6 Å². The highest BCUT2D eigenvalue weighted by molar-refractivity contribution is 5.81. The summed E-state index contributed by atoms with van der Waals surface area (Å²) >= 11 is 0. The maximum atomic E-state index is 13.6. The van der Waals surface area contributed by atoms with E-state index in [0.29, 0.717) is 13.0 Å². The summed E-state index contributed by atoms with van der Waals surface area (Å²) in [6.07, 6.45) is 0.496. The molecule has 9 heteroatoms. The zero-order valence-corrected chi connectivity index (χ0v) is 17.6. The van der Waals surface area contributed by atoms with Gasteiger partial charge in [0.05, 0.1) is 18.2 Å². The number of carbonyl (C=O) groups is 2. The fourth-order valence-electron chi connectivity index (χ4n) is 3.26. The van der Waals surface area contributed by atoms with E-state index in [2.05, 4.69) is 16.0 Å². The van der Waals surface area contributed by atoms with E-state index in [-0.39, 0.29) is 24.4 Å². The third kappa shape index (κ3) is 8.23. The molecule has 1 aromatic carbocycles. The number of carbonyl (C=O) groups excluding carboxylic acids is 2. The van der Waals surface area contributed by atoms with Crippen LogP contribution in [0.15, 0.2) is 18.2 Å². The van der Waals surface area contributed by atoms with E-state index in [1.807, 2.05) is 0 Å². The lowest BCUT2D eigenvalue weighted by Gasteiger charge is -2.28. The molecular weight excluding hydrogens is 396 g/mol. The number of hydrogen-bond acceptors (Lipinski definition) is 5. The maximum absolute atomic E-state index is 13.6. The van der Waals surface area contributed by atoms with Crippen LogP contribution in [0.25, 0.3) is 0 Å². The minimum Gasteiger partial charge on any atom is -0.444 e. The molecule has 1 aliphatic rings. The van der Waals surface area contributed by atoms with Crippen molar-refractivity contribution in [3.8, 4) is 0 Å². The van der Waals surface area contributed by atoms with Gasteiger partial charge in [0.2, 0.25) is 5.91 Å². The topological polar surface area (TPSA) is 99.7 Å². The van der Waals surface area contributed by atoms with Gasteiger partial charge in [-0.1, -0.05) is 0 Å². The Hall–Kier alpha value is -2.26. The van der Waals surface area contributed by atoms with Crippen LogP contribution in [0.5, 0.6) is 0 Å². The largest absolute Gasteiger partial charge is 0.444 e. The van der Waals surface area contributed by atoms with Crippen molar-refractivity contribution in [3.63, 3.8) is 0 Å². The second-order valence-electron chi connectivity index (χ2n) is 8.55. The molecule has 1 saturated heterocycles. The lowest BCUT2D eigenvalue weighted by Crippen LogP contribution is -2.52. The second kappa shape index (κ2) is 10.7. The minimum atomic E-state index is -1.13. The Kier molecular flexibility index (Phi) is 8.54. The fraction of sp³-hybridized carbons (Fsp3) is 0.619. The second-order valence-corrected chi connectivity index (χ2v) is 8.55. The van der Waals surface area contributed by atoms with Gasteiger partial charge in [0.25, 0.3) is 0 Å². The summed E-state index contributed by atoms with van der Waals surface area (Å²) in [6, 6.07) is 1.71. The molecule has 2 amide bonds. The lowest BCUT2D eigenvalue weighted by atomic mass is 10.0. The summed E-state index contributed by atoms with van der Waals surface area (Å²) in [5.74, 6) is -1.63. The molecule has 2 rings (SSSR count). The van der Waals surface area contributed by atoms with Crippen LogP contribution in [0.1, 0.15) is 45.6 Å². The predicted molar refractivity (Wildman–Crippen MR) is 108 cm³/mol. The number of aliphatic hydroxyl groups excluding tert-OH is 1. The molecule has 1 aliphatic heterocycles. The molecular formula is C21H31F2N3O4. The SMILES string of the molecule is CC(C)(C)OC(=O)N[C@@H](Cc1cc(F)cc(F)c1)[C@H](O)CN[C@@H]1CCCCNC1=O. The van der Waals surface area contributed by atoms with E-state index < -0.39 is 41.5 Å². The van der Waals surface area contributed by atoms with Gasteiger partial charge in [0.15, 0.2) is 0 Å². The van der Waals surface area contributed by atoms with E-state index in [0.717, 1.165) is 31.0 Å². The molecule has 0 bridgehead atoms. The number of hydrogen-bond donors (Lipinski definition) is 4. The predicted octanol–water partition coefficient (Wildman–Crippen LogP) is 2.02. The summed E-state index contributed by atoms with van der Waals surface area (Å²) in [6.45, 7) is 5.73. The quantitative estimate of drug-likeness (QED) is 0.534. The molecule has 0 saturated carbocycles. The molecule has 0 spiro atoms. The molecule has 1 fully saturated rings. The molecule has 30 heavy (non-hydrogen) atoms. The number of ether oxygens (including phenoxy) is 1. The van der Waals surface area contributed by atoms with E-state index in [1.54, 1.807) is 20.8 Å². The fourth-order valence-corrected chi connectivity index (χ4v) is 3.26. The van der Waals surface area contributed by atoms with Gasteiger partial charge in [-0.25, -0.2) is 13.6 Å². The van der Waals surface area contributed by atoms with Gasteiger partial charge in [-0.2, -0.15) is 0 Å². The number of amides is 2. The summed E-state index contributed by atoms with van der Waals surface area (Å²) in [4.78, 5) is 24.3. The lowest BCUT2D eigenvalue weighted by molar-refractivity contribution is -0.123. The molecule has 1 aromatic rings. The van der Waals surface area contributed by atoms with Crippen molar-refractivity contribution in [1.29, 1.82) is 0 Å². The highest BCUT2D eigenvalue weighted by Crippen LogP contribution is 2.14. The third-order valence-corrected chi connectivity index (χ3v) is 4.65. The van der Waals surface area contributed by atoms with Gasteiger partial charge >= 0.3 is 6.09 Å². The Morgan fingerprint density at radius 1 is 1.27 bits per heavy atom. The van der Waals surface area contributed by atoms with Crippen molar-refractivity contribution < 1.29 is 28.2 Å². The first-order chi connectivity index (χ1) is 14.0. The zero-order valence-electron chi connectivity index (χ0n) is 17.6. The van der Waals surface area contributed by atoms with Crippen LogP contribution >= 0.6 is 0 Å². The molecule has 7 nitrogen and oxygen atoms in total. The number of benzene rings is 1. The Labute approximate surface area is 175 Å². The molecule has 168 valence electrons. The van der Waals surface area contributed by atoms with Gasteiger partial charge in [-0.3, -0.25) is 4.79 Å². The van der Waals surface area contributed by atoms with E-state index in [1.165, 1.54) is 0 Å². The maximum Gasteiger partial charge on any atom is 0.407 e. The number of alkyl carbamates (subject to hydrolysis) is 1. The van der Waals surface area contributed by atoms with Gasteiger partial charge < -0.3 is 25.8 Å². The van der Waals surface area contributed by atoms with Gasteiger partial charge in [0, 0.05) is 19.2 Å². The first kappa shape index (κ1) is 24.0. The van der Waals surface area contributed by atoms with Crippen molar-refractivity contribution in [1.82, 2.24) is 16.0 Å². The van der Waals surface area contributed by atoms with Gasteiger partial charge in [-0.05, 0) is 64.2 Å². The highest BCUT2D eigenvalue weighted by Gasteiger charge is 2.27. The molecule has 0 aliphatic carbocycles. The van der Waals surface area contributed by atoms with Gasteiger partial charge in [0.1, 0.15) is 17.2 Å². The van der Waals surface area contributed by atoms with Crippen molar-refractivity contribution in [2.45, 2.75) is 70.2 Å². The average Bonchev–Trinajstić information content (AvgIpc) is 2.80. The normalized spacial score (nSPS) is 19.4. The Balaban J connectivity index is 2.08. The smallest absolute Gasteiger partial charge is 0.407 e. The van der Waals surface area contributed by atoms with Crippen LogP contribution in [0.2, 0.25) is 0 Å². The van der Waals surface area contributed by atoms with Crippen LogP contribution < -0.4 is 16.0 Å². The van der Waals surface area contributed by atoms with Crippen molar-refractivity contribution in [3.05, 3.63) is 35.4 Å². The van der Waals surface area contributed by atoms with E-state index in [4.69, 9.17) is 4.74 Å². The summed E-state index contributed by atoms with van der Waals surface area (Å²) in [7, 11) is 0. The molecule has 0 aromatic heterocycles. The summed E-state index contributed by atoms with van der Waals surface area (Å²) < 4.78 is 32.4. The molecule has 4 N–H and O–H groups in total. The Bertz CT molecular complexity index is 719. The number of nitrogens with one attached hydrogen (secondary N) is 3. The van der Waals surface area contributed by atoms with Crippen molar-refractivity contribution in [2.24, 2.45) is 0 Å². The first-order valence-corrected chi connectivity index (χ1v) is 10.2.